The number of carbonyl (C=O) groups is 1. The number of anilines is 1. The zero-order valence-electron chi connectivity index (χ0n) is 14.2. The number of carbonyl (C=O) groups excluding carboxylic acids is 1. The van der Waals surface area contributed by atoms with Gasteiger partial charge in [0.25, 0.3) is 5.91 Å². The van der Waals surface area contributed by atoms with E-state index in [2.05, 4.69) is 22.4 Å². The van der Waals surface area contributed by atoms with Crippen molar-refractivity contribution in [3.63, 3.8) is 0 Å². The molecular formula is C19H18N2OS4. The number of hydrogen-bond donors (Lipinski definition) is 1. The molecule has 0 atom stereocenters. The summed E-state index contributed by atoms with van der Waals surface area (Å²) in [5.74, 6) is 2.34. The van der Waals surface area contributed by atoms with E-state index in [0.29, 0.717) is 9.46 Å². The van der Waals surface area contributed by atoms with Crippen LogP contribution in [0.1, 0.15) is 31.9 Å². The summed E-state index contributed by atoms with van der Waals surface area (Å²) in [6, 6.07) is 12.3. The third-order valence-electron chi connectivity index (χ3n) is 3.98. The number of nitrogens with zero attached hydrogens (tertiary/aromatic N) is 1. The van der Waals surface area contributed by atoms with Crippen LogP contribution in [0.2, 0.25) is 0 Å². The fraction of sp³-hybridized carbons (Fsp3) is 0.263. The van der Waals surface area contributed by atoms with Crippen molar-refractivity contribution < 1.29 is 4.79 Å². The number of thioether (sulfide) groups is 2. The van der Waals surface area contributed by atoms with Crippen molar-refractivity contribution in [2.75, 3.05) is 16.8 Å². The lowest BCUT2D eigenvalue weighted by Crippen LogP contribution is -2.12. The molecule has 3 nitrogen and oxygen atoms in total. The van der Waals surface area contributed by atoms with Gasteiger partial charge in [0.05, 0.1) is 15.2 Å². The first-order valence-corrected chi connectivity index (χ1v) is 12.2. The van der Waals surface area contributed by atoms with Crippen molar-refractivity contribution in [2.24, 2.45) is 0 Å². The molecule has 0 saturated carbocycles. The van der Waals surface area contributed by atoms with Crippen molar-refractivity contribution in [3.05, 3.63) is 57.9 Å². The average molecular weight is 419 g/mol. The Morgan fingerprint density at radius 2 is 2.04 bits per heavy atom. The molecule has 1 amide bonds. The SMILES string of the molecule is Cc1nc(-c2cccs2)sc1C(=O)Nc1cccc(C2SCCCS2)c1. The third kappa shape index (κ3) is 4.01. The minimum atomic E-state index is -0.0797. The summed E-state index contributed by atoms with van der Waals surface area (Å²) in [5.41, 5.74) is 2.91. The van der Waals surface area contributed by atoms with Gasteiger partial charge in [-0.3, -0.25) is 4.79 Å². The molecule has 1 fully saturated rings. The van der Waals surface area contributed by atoms with Crippen LogP contribution >= 0.6 is 46.2 Å². The van der Waals surface area contributed by atoms with E-state index < -0.39 is 0 Å². The number of thiazole rings is 1. The topological polar surface area (TPSA) is 42.0 Å². The molecule has 0 bridgehead atoms. The van der Waals surface area contributed by atoms with Gasteiger partial charge in [0.1, 0.15) is 9.88 Å². The zero-order valence-corrected chi connectivity index (χ0v) is 17.5. The molecule has 0 radical (unpaired) electrons. The van der Waals surface area contributed by atoms with E-state index >= 15 is 0 Å². The lowest BCUT2D eigenvalue weighted by Gasteiger charge is -2.21. The van der Waals surface area contributed by atoms with Crippen molar-refractivity contribution in [2.45, 2.75) is 17.9 Å². The van der Waals surface area contributed by atoms with Crippen molar-refractivity contribution in [3.8, 4) is 9.88 Å². The molecule has 0 unspecified atom stereocenters. The number of aromatic nitrogens is 1. The van der Waals surface area contributed by atoms with Gasteiger partial charge in [-0.05, 0) is 54.0 Å². The second-order valence-corrected chi connectivity index (χ2v) is 10.6. The Bertz CT molecular complexity index is 898. The highest BCUT2D eigenvalue weighted by molar-refractivity contribution is 8.16. The van der Waals surface area contributed by atoms with Crippen LogP contribution in [0, 0.1) is 6.92 Å². The van der Waals surface area contributed by atoms with Crippen LogP contribution < -0.4 is 5.32 Å². The fourth-order valence-electron chi connectivity index (χ4n) is 2.74. The van der Waals surface area contributed by atoms with Crippen LogP contribution in [-0.2, 0) is 0 Å². The number of amides is 1. The molecular weight excluding hydrogens is 400 g/mol. The standard InChI is InChI=1S/C19H18N2OS4/c1-12-16(26-18(20-12)15-7-3-8-23-15)17(22)21-14-6-2-5-13(11-14)19-24-9-4-10-25-19/h2-3,5-8,11,19H,4,9-10H2,1H3,(H,21,22). The van der Waals surface area contributed by atoms with Gasteiger partial charge in [-0.25, -0.2) is 4.98 Å². The summed E-state index contributed by atoms with van der Waals surface area (Å²) in [4.78, 5) is 19.1. The Morgan fingerprint density at radius 3 is 2.81 bits per heavy atom. The summed E-state index contributed by atoms with van der Waals surface area (Å²) in [6.07, 6.45) is 1.28. The Hall–Kier alpha value is -1.28. The minimum Gasteiger partial charge on any atom is -0.321 e. The molecule has 1 N–H and O–H groups in total. The summed E-state index contributed by atoms with van der Waals surface area (Å²) >= 11 is 7.07. The second-order valence-electron chi connectivity index (χ2n) is 5.92. The highest BCUT2D eigenvalue weighted by Gasteiger charge is 2.19. The van der Waals surface area contributed by atoms with E-state index in [1.807, 2.05) is 60.1 Å². The van der Waals surface area contributed by atoms with Gasteiger partial charge in [-0.15, -0.1) is 46.2 Å². The van der Waals surface area contributed by atoms with Gasteiger partial charge >= 0.3 is 0 Å². The Balaban J connectivity index is 1.51. The molecule has 3 heterocycles. The van der Waals surface area contributed by atoms with Crippen LogP contribution in [0.25, 0.3) is 9.88 Å². The van der Waals surface area contributed by atoms with Gasteiger partial charge in [0, 0.05) is 5.69 Å². The highest BCUT2D eigenvalue weighted by Crippen LogP contribution is 2.44. The summed E-state index contributed by atoms with van der Waals surface area (Å²) < 4.78 is 0.469. The van der Waals surface area contributed by atoms with E-state index in [0.717, 1.165) is 21.3 Å². The van der Waals surface area contributed by atoms with Gasteiger partial charge < -0.3 is 5.32 Å². The first-order chi connectivity index (χ1) is 12.7. The summed E-state index contributed by atoms with van der Waals surface area (Å²) in [5, 5.41) is 5.99. The van der Waals surface area contributed by atoms with Crippen LogP contribution in [0.5, 0.6) is 0 Å². The van der Waals surface area contributed by atoms with E-state index in [-0.39, 0.29) is 5.91 Å². The first-order valence-electron chi connectivity index (χ1n) is 8.36. The second kappa shape index (κ2) is 8.17. The maximum absolute atomic E-state index is 12.8. The Morgan fingerprint density at radius 1 is 1.19 bits per heavy atom. The van der Waals surface area contributed by atoms with Gasteiger partial charge in [-0.1, -0.05) is 18.2 Å². The van der Waals surface area contributed by atoms with Crippen LogP contribution in [-0.4, -0.2) is 22.4 Å². The summed E-state index contributed by atoms with van der Waals surface area (Å²) in [6.45, 7) is 1.90. The highest BCUT2D eigenvalue weighted by atomic mass is 32.2. The lowest BCUT2D eigenvalue weighted by atomic mass is 10.2. The zero-order chi connectivity index (χ0) is 17.9. The first kappa shape index (κ1) is 18.1. The number of nitrogens with one attached hydrogen (secondary N) is 1. The monoisotopic (exact) mass is 418 g/mol. The quantitative estimate of drug-likeness (QED) is 0.540. The molecule has 134 valence electrons. The van der Waals surface area contributed by atoms with Gasteiger partial charge in [0.2, 0.25) is 0 Å². The fourth-order valence-corrected chi connectivity index (χ4v) is 7.38. The van der Waals surface area contributed by atoms with Crippen molar-refractivity contribution in [1.82, 2.24) is 4.98 Å². The molecule has 7 heteroatoms. The third-order valence-corrected chi connectivity index (χ3v) is 9.19. The number of thiophene rings is 1. The predicted molar refractivity (Wildman–Crippen MR) is 117 cm³/mol. The van der Waals surface area contributed by atoms with Crippen LogP contribution in [0.4, 0.5) is 5.69 Å². The molecule has 0 aliphatic carbocycles. The van der Waals surface area contributed by atoms with Crippen molar-refractivity contribution in [1.29, 1.82) is 0 Å². The van der Waals surface area contributed by atoms with Gasteiger partial charge in [-0.2, -0.15) is 0 Å². The minimum absolute atomic E-state index is 0.0797. The predicted octanol–water partition coefficient (Wildman–Crippen LogP) is 6.30. The van der Waals surface area contributed by atoms with Gasteiger partial charge in [0.15, 0.2) is 0 Å². The number of benzene rings is 1. The molecule has 1 aliphatic rings. The Kier molecular flexibility index (Phi) is 5.69. The molecule has 3 aromatic rings. The van der Waals surface area contributed by atoms with E-state index in [9.17, 15) is 4.79 Å². The lowest BCUT2D eigenvalue weighted by molar-refractivity contribution is 0.103. The van der Waals surface area contributed by atoms with E-state index in [4.69, 9.17) is 0 Å². The number of rotatable bonds is 4. The normalized spacial score (nSPS) is 15.1. The van der Waals surface area contributed by atoms with E-state index in [1.54, 1.807) is 11.3 Å². The molecule has 1 saturated heterocycles. The summed E-state index contributed by atoms with van der Waals surface area (Å²) in [7, 11) is 0. The molecule has 26 heavy (non-hydrogen) atoms. The molecule has 4 rings (SSSR count). The number of hydrogen-bond acceptors (Lipinski definition) is 6. The van der Waals surface area contributed by atoms with Crippen molar-refractivity contribution >= 4 is 57.8 Å². The maximum Gasteiger partial charge on any atom is 0.267 e. The molecule has 1 aliphatic heterocycles. The maximum atomic E-state index is 12.8. The Labute approximate surface area is 169 Å². The largest absolute Gasteiger partial charge is 0.321 e. The molecule has 2 aromatic heterocycles. The molecule has 1 aromatic carbocycles. The smallest absolute Gasteiger partial charge is 0.267 e. The average Bonchev–Trinajstić information content (AvgIpc) is 3.32. The van der Waals surface area contributed by atoms with Crippen LogP contribution in [0.3, 0.4) is 0 Å². The van der Waals surface area contributed by atoms with E-state index in [1.165, 1.54) is 34.8 Å². The van der Waals surface area contributed by atoms with Crippen LogP contribution in [0.15, 0.2) is 41.8 Å². The molecule has 0 spiro atoms. The number of aryl methyl sites for hydroxylation is 1.